The van der Waals surface area contributed by atoms with Crippen LogP contribution in [0.4, 0.5) is 0 Å². The zero-order valence-electron chi connectivity index (χ0n) is 21.1. The Morgan fingerprint density at radius 3 is 2.51 bits per heavy atom. The number of alkyl halides is 1. The molecular weight excluding hydrogens is 464 g/mol. The van der Waals surface area contributed by atoms with E-state index in [4.69, 9.17) is 16.3 Å². The highest BCUT2D eigenvalue weighted by Gasteiger charge is 2.48. The zero-order valence-corrected chi connectivity index (χ0v) is 21.8. The van der Waals surface area contributed by atoms with Gasteiger partial charge in [-0.3, -0.25) is 14.3 Å². The van der Waals surface area contributed by atoms with Gasteiger partial charge in [0.05, 0.1) is 18.1 Å². The van der Waals surface area contributed by atoms with E-state index in [1.54, 1.807) is 9.58 Å². The van der Waals surface area contributed by atoms with Gasteiger partial charge in [0, 0.05) is 12.6 Å². The second kappa shape index (κ2) is 11.0. The summed E-state index contributed by atoms with van der Waals surface area (Å²) >= 11 is 5.72. The molecule has 8 heteroatoms. The molecule has 1 N–H and O–H groups in total. The summed E-state index contributed by atoms with van der Waals surface area (Å²) in [6, 6.07) is 9.65. The molecule has 1 aliphatic heterocycles. The maximum atomic E-state index is 13.8. The molecule has 2 amide bonds. The first-order valence-corrected chi connectivity index (χ1v) is 13.3. The van der Waals surface area contributed by atoms with Crippen LogP contribution in [0.5, 0.6) is 5.75 Å². The van der Waals surface area contributed by atoms with E-state index in [-0.39, 0.29) is 23.8 Å². The number of rotatable bonds is 8. The smallest absolute Gasteiger partial charge is 0.273 e. The van der Waals surface area contributed by atoms with E-state index >= 15 is 0 Å². The van der Waals surface area contributed by atoms with Gasteiger partial charge in [0.2, 0.25) is 5.91 Å². The third kappa shape index (κ3) is 5.66. The van der Waals surface area contributed by atoms with Crippen molar-refractivity contribution in [3.8, 4) is 5.75 Å². The van der Waals surface area contributed by atoms with Crippen molar-refractivity contribution < 1.29 is 14.3 Å². The Labute approximate surface area is 213 Å². The van der Waals surface area contributed by atoms with Gasteiger partial charge in [0.25, 0.3) is 5.91 Å². The van der Waals surface area contributed by atoms with Crippen molar-refractivity contribution >= 4 is 23.4 Å². The van der Waals surface area contributed by atoms with E-state index in [0.29, 0.717) is 31.3 Å². The Bertz CT molecular complexity index is 1030. The van der Waals surface area contributed by atoms with Gasteiger partial charge in [-0.15, -0.1) is 11.6 Å². The number of hydrogen-bond acceptors (Lipinski definition) is 4. The quantitative estimate of drug-likeness (QED) is 0.414. The summed E-state index contributed by atoms with van der Waals surface area (Å²) in [5.74, 6) is 1.07. The summed E-state index contributed by atoms with van der Waals surface area (Å²) in [4.78, 5) is 29.3. The summed E-state index contributed by atoms with van der Waals surface area (Å²) < 4.78 is 7.30. The Morgan fingerprint density at radius 2 is 1.89 bits per heavy atom. The SMILES string of the molecule is CC(C)c1cc2n(n1)CC(C)(C(=O)NC1CCCCCC1)N(Cc1ccc(OCCCl)cc1)C2=O. The molecule has 4 rings (SSSR count). The molecule has 1 aromatic heterocycles. The zero-order chi connectivity index (χ0) is 25.0. The first kappa shape index (κ1) is 25.5. The predicted molar refractivity (Wildman–Crippen MR) is 137 cm³/mol. The van der Waals surface area contributed by atoms with Gasteiger partial charge in [-0.1, -0.05) is 51.7 Å². The molecule has 1 saturated carbocycles. The number of aromatic nitrogens is 2. The maximum absolute atomic E-state index is 13.8. The molecule has 7 nitrogen and oxygen atoms in total. The van der Waals surface area contributed by atoms with Crippen LogP contribution in [0.25, 0.3) is 0 Å². The van der Waals surface area contributed by atoms with E-state index in [0.717, 1.165) is 42.7 Å². The second-order valence-electron chi connectivity index (χ2n) is 10.3. The lowest BCUT2D eigenvalue weighted by atomic mass is 9.93. The number of nitrogens with one attached hydrogen (secondary N) is 1. The lowest BCUT2D eigenvalue weighted by Crippen LogP contribution is -2.64. The van der Waals surface area contributed by atoms with Crippen LogP contribution in [-0.2, 0) is 17.9 Å². The number of ether oxygens (including phenoxy) is 1. The van der Waals surface area contributed by atoms with Gasteiger partial charge < -0.3 is 15.0 Å². The van der Waals surface area contributed by atoms with Crippen LogP contribution in [0.15, 0.2) is 30.3 Å². The minimum atomic E-state index is -1.05. The molecular formula is C27H37ClN4O3. The minimum absolute atomic E-state index is 0.105. The minimum Gasteiger partial charge on any atom is -0.492 e. The monoisotopic (exact) mass is 500 g/mol. The van der Waals surface area contributed by atoms with Crippen molar-refractivity contribution in [1.29, 1.82) is 0 Å². The number of carbonyl (C=O) groups is 2. The van der Waals surface area contributed by atoms with Crippen LogP contribution in [0, 0.1) is 0 Å². The van der Waals surface area contributed by atoms with Gasteiger partial charge >= 0.3 is 0 Å². The fraction of sp³-hybridized carbons (Fsp3) is 0.593. The van der Waals surface area contributed by atoms with Gasteiger partial charge in [-0.2, -0.15) is 5.10 Å². The van der Waals surface area contributed by atoms with E-state index in [1.165, 1.54) is 12.8 Å². The number of nitrogens with zero attached hydrogens (tertiary/aromatic N) is 3. The molecule has 0 bridgehead atoms. The summed E-state index contributed by atoms with van der Waals surface area (Å²) in [6.45, 7) is 7.08. The normalized spacial score (nSPS) is 21.1. The highest BCUT2D eigenvalue weighted by Crippen LogP contribution is 2.31. The molecule has 0 saturated heterocycles. The van der Waals surface area contributed by atoms with Crippen LogP contribution < -0.4 is 10.1 Å². The molecule has 190 valence electrons. The fourth-order valence-corrected chi connectivity index (χ4v) is 5.06. The second-order valence-corrected chi connectivity index (χ2v) is 10.7. The molecule has 1 unspecified atom stereocenters. The summed E-state index contributed by atoms with van der Waals surface area (Å²) in [5, 5.41) is 7.98. The predicted octanol–water partition coefficient (Wildman–Crippen LogP) is 4.88. The largest absolute Gasteiger partial charge is 0.492 e. The highest BCUT2D eigenvalue weighted by atomic mass is 35.5. The number of halogens is 1. The Kier molecular flexibility index (Phi) is 8.05. The van der Waals surface area contributed by atoms with E-state index < -0.39 is 5.54 Å². The molecule has 1 aromatic carbocycles. The fourth-order valence-electron chi connectivity index (χ4n) is 4.99. The summed E-state index contributed by atoms with van der Waals surface area (Å²) in [7, 11) is 0. The molecule has 1 aliphatic carbocycles. The summed E-state index contributed by atoms with van der Waals surface area (Å²) in [5.41, 5.74) is 1.28. The van der Waals surface area contributed by atoms with Gasteiger partial charge in [-0.25, -0.2) is 0 Å². The lowest BCUT2D eigenvalue weighted by molar-refractivity contribution is -0.134. The molecule has 35 heavy (non-hydrogen) atoms. The third-order valence-electron chi connectivity index (χ3n) is 7.20. The van der Waals surface area contributed by atoms with Crippen molar-refractivity contribution in [2.24, 2.45) is 0 Å². The van der Waals surface area contributed by atoms with Crippen molar-refractivity contribution in [2.75, 3.05) is 12.5 Å². The van der Waals surface area contributed by atoms with Crippen molar-refractivity contribution in [1.82, 2.24) is 20.0 Å². The van der Waals surface area contributed by atoms with Crippen LogP contribution in [0.1, 0.15) is 87.0 Å². The number of benzene rings is 1. The van der Waals surface area contributed by atoms with Crippen molar-refractivity contribution in [2.45, 2.75) is 89.9 Å². The van der Waals surface area contributed by atoms with E-state index in [1.807, 2.05) is 37.3 Å². The average Bonchev–Trinajstić information content (AvgIpc) is 3.10. The molecule has 2 aliphatic rings. The average molecular weight is 501 g/mol. The molecule has 1 atom stereocenters. The van der Waals surface area contributed by atoms with Crippen LogP contribution in [0.2, 0.25) is 0 Å². The van der Waals surface area contributed by atoms with Crippen LogP contribution in [-0.4, -0.2) is 50.6 Å². The van der Waals surface area contributed by atoms with Crippen LogP contribution >= 0.6 is 11.6 Å². The molecule has 0 radical (unpaired) electrons. The van der Waals surface area contributed by atoms with Gasteiger partial charge in [-0.05, 0) is 49.4 Å². The molecule has 0 spiro atoms. The Morgan fingerprint density at radius 1 is 1.20 bits per heavy atom. The maximum Gasteiger partial charge on any atom is 0.273 e. The highest BCUT2D eigenvalue weighted by molar-refractivity contribution is 6.18. The Balaban J connectivity index is 1.62. The first-order valence-electron chi connectivity index (χ1n) is 12.8. The third-order valence-corrected chi connectivity index (χ3v) is 7.35. The van der Waals surface area contributed by atoms with Gasteiger partial charge in [0.1, 0.15) is 23.6 Å². The number of amides is 2. The standard InChI is InChI=1S/C27H37ClN4O3/c1-19(2)23-16-24-25(33)31(17-20-10-12-22(13-11-20)35-15-14-28)27(3,18-32(24)30-23)26(34)29-21-8-6-4-5-7-9-21/h10-13,16,19,21H,4-9,14-15,17-18H2,1-3H3,(H,29,34). The Hall–Kier alpha value is -2.54. The summed E-state index contributed by atoms with van der Waals surface area (Å²) in [6.07, 6.45) is 6.67. The van der Waals surface area contributed by atoms with Crippen molar-refractivity contribution in [3.05, 3.63) is 47.3 Å². The van der Waals surface area contributed by atoms with Gasteiger partial charge in [0.15, 0.2) is 0 Å². The van der Waals surface area contributed by atoms with E-state index in [9.17, 15) is 9.59 Å². The lowest BCUT2D eigenvalue weighted by Gasteiger charge is -2.44. The molecule has 2 aromatic rings. The van der Waals surface area contributed by atoms with E-state index in [2.05, 4.69) is 24.3 Å². The number of carbonyl (C=O) groups excluding carboxylic acids is 2. The molecule has 2 heterocycles. The first-order chi connectivity index (χ1) is 16.8. The number of fused-ring (bicyclic) bond motifs is 1. The topological polar surface area (TPSA) is 76.5 Å². The van der Waals surface area contributed by atoms with Crippen molar-refractivity contribution in [3.63, 3.8) is 0 Å². The number of hydrogen-bond donors (Lipinski definition) is 1. The van der Waals surface area contributed by atoms with Crippen LogP contribution in [0.3, 0.4) is 0 Å². The molecule has 1 fully saturated rings.